The van der Waals surface area contributed by atoms with E-state index in [1.807, 2.05) is 6.92 Å². The highest BCUT2D eigenvalue weighted by molar-refractivity contribution is 9.10. The average molecular weight is 358 g/mol. The zero-order chi connectivity index (χ0) is 16.0. The Morgan fingerprint density at radius 1 is 1.19 bits per heavy atom. The summed E-state index contributed by atoms with van der Waals surface area (Å²) in [6.45, 7) is 14.2. The van der Waals surface area contributed by atoms with Gasteiger partial charge in [-0.05, 0) is 36.2 Å². The molecule has 120 valence electrons. The van der Waals surface area contributed by atoms with Gasteiger partial charge < -0.3 is 10.1 Å². The zero-order valence-electron chi connectivity index (χ0n) is 14.1. The van der Waals surface area contributed by atoms with Gasteiger partial charge in [-0.3, -0.25) is 0 Å². The van der Waals surface area contributed by atoms with Crippen molar-refractivity contribution < 1.29 is 4.74 Å². The zero-order valence-corrected chi connectivity index (χ0v) is 15.7. The Morgan fingerprint density at radius 2 is 1.86 bits per heavy atom. The van der Waals surface area contributed by atoms with Gasteiger partial charge >= 0.3 is 0 Å². The van der Waals surface area contributed by atoms with Gasteiger partial charge in [0.2, 0.25) is 0 Å². The molecule has 0 radical (unpaired) electrons. The van der Waals surface area contributed by atoms with Crippen molar-refractivity contribution in [1.82, 2.24) is 9.97 Å². The lowest BCUT2D eigenvalue weighted by atomic mass is 9.91. The predicted octanol–water partition coefficient (Wildman–Crippen LogP) is 4.85. The van der Waals surface area contributed by atoms with Crippen LogP contribution in [0.1, 0.15) is 72.0 Å². The molecule has 0 spiro atoms. The lowest BCUT2D eigenvalue weighted by Crippen LogP contribution is -2.20. The Labute approximate surface area is 137 Å². The molecule has 1 unspecified atom stereocenters. The smallest absolute Gasteiger partial charge is 0.159 e. The second-order valence-corrected chi connectivity index (χ2v) is 6.90. The number of halogens is 1. The first-order valence-corrected chi connectivity index (χ1v) is 8.57. The van der Waals surface area contributed by atoms with E-state index in [2.05, 4.69) is 60.8 Å². The largest absolute Gasteiger partial charge is 0.371 e. The molecule has 1 N–H and O–H groups in total. The van der Waals surface area contributed by atoms with Crippen LogP contribution in [-0.4, -0.2) is 23.1 Å². The van der Waals surface area contributed by atoms with Crippen molar-refractivity contribution in [3.8, 4) is 0 Å². The highest BCUT2D eigenvalue weighted by atomic mass is 79.9. The fourth-order valence-corrected chi connectivity index (χ4v) is 3.05. The van der Waals surface area contributed by atoms with Gasteiger partial charge in [-0.15, -0.1) is 0 Å². The molecule has 1 aromatic rings. The first-order chi connectivity index (χ1) is 9.85. The maximum Gasteiger partial charge on any atom is 0.159 e. The standard InChI is InChI=1S/C16H28BrN3O/c1-7-10-11(21-9-3)14-19-13(16(4,5)6)12(17)15(20-14)18-8-2/h11H,7-10H2,1-6H3,(H,18,19,20). The SMILES string of the molecule is CCCC(OCC)c1nc(NCC)c(Br)c(C(C)(C)C)n1. The summed E-state index contributed by atoms with van der Waals surface area (Å²) in [5, 5.41) is 3.31. The topological polar surface area (TPSA) is 47.0 Å². The summed E-state index contributed by atoms with van der Waals surface area (Å²) < 4.78 is 6.79. The molecule has 1 heterocycles. The number of nitrogens with one attached hydrogen (secondary N) is 1. The van der Waals surface area contributed by atoms with Crippen molar-refractivity contribution in [3.05, 3.63) is 16.0 Å². The van der Waals surface area contributed by atoms with Crippen molar-refractivity contribution in [2.45, 2.75) is 65.9 Å². The van der Waals surface area contributed by atoms with Crippen LogP contribution in [0.3, 0.4) is 0 Å². The fraction of sp³-hybridized carbons (Fsp3) is 0.750. The van der Waals surface area contributed by atoms with E-state index in [-0.39, 0.29) is 11.5 Å². The van der Waals surface area contributed by atoms with Gasteiger partial charge in [-0.2, -0.15) is 0 Å². The highest BCUT2D eigenvalue weighted by Crippen LogP contribution is 2.34. The first-order valence-electron chi connectivity index (χ1n) is 7.78. The number of hydrogen-bond donors (Lipinski definition) is 1. The van der Waals surface area contributed by atoms with Crippen LogP contribution in [0.15, 0.2) is 4.47 Å². The number of aromatic nitrogens is 2. The van der Waals surface area contributed by atoms with E-state index >= 15 is 0 Å². The lowest BCUT2D eigenvalue weighted by Gasteiger charge is -2.24. The summed E-state index contributed by atoms with van der Waals surface area (Å²) in [4.78, 5) is 9.48. The van der Waals surface area contributed by atoms with Gasteiger partial charge in [0.15, 0.2) is 5.82 Å². The summed E-state index contributed by atoms with van der Waals surface area (Å²) in [6.07, 6.45) is 1.95. The molecule has 1 atom stereocenters. The van der Waals surface area contributed by atoms with E-state index in [1.54, 1.807) is 0 Å². The Balaban J connectivity index is 3.34. The van der Waals surface area contributed by atoms with Crippen LogP contribution in [0.2, 0.25) is 0 Å². The maximum absolute atomic E-state index is 5.84. The van der Waals surface area contributed by atoms with Crippen LogP contribution >= 0.6 is 15.9 Å². The molecule has 1 rings (SSSR count). The number of rotatable bonds is 7. The van der Waals surface area contributed by atoms with Crippen LogP contribution in [0, 0.1) is 0 Å². The fourth-order valence-electron chi connectivity index (χ4n) is 2.14. The third-order valence-electron chi connectivity index (χ3n) is 3.13. The van der Waals surface area contributed by atoms with Crippen LogP contribution in [0.5, 0.6) is 0 Å². The summed E-state index contributed by atoms with van der Waals surface area (Å²) in [6, 6.07) is 0. The van der Waals surface area contributed by atoms with Gasteiger partial charge in [0.05, 0.1) is 10.2 Å². The Bertz CT molecular complexity index is 452. The minimum Gasteiger partial charge on any atom is -0.371 e. The molecule has 21 heavy (non-hydrogen) atoms. The molecule has 0 aromatic carbocycles. The number of anilines is 1. The number of hydrogen-bond acceptors (Lipinski definition) is 4. The van der Waals surface area contributed by atoms with Gasteiger partial charge in [-0.1, -0.05) is 34.1 Å². The molecule has 0 fully saturated rings. The van der Waals surface area contributed by atoms with Crippen LogP contribution in [-0.2, 0) is 10.2 Å². The molecule has 0 saturated carbocycles. The summed E-state index contributed by atoms with van der Waals surface area (Å²) in [5.41, 5.74) is 0.966. The lowest BCUT2D eigenvalue weighted by molar-refractivity contribution is 0.0491. The van der Waals surface area contributed by atoms with Gasteiger partial charge in [-0.25, -0.2) is 9.97 Å². The van der Waals surface area contributed by atoms with Crippen LogP contribution in [0.25, 0.3) is 0 Å². The predicted molar refractivity (Wildman–Crippen MR) is 91.9 cm³/mol. The summed E-state index contributed by atoms with van der Waals surface area (Å²) >= 11 is 3.65. The minimum atomic E-state index is -0.0519. The van der Waals surface area contributed by atoms with Gasteiger partial charge in [0.1, 0.15) is 11.9 Å². The Hall–Kier alpha value is -0.680. The second kappa shape index (κ2) is 8.08. The molecule has 0 aliphatic carbocycles. The first kappa shape index (κ1) is 18.4. The maximum atomic E-state index is 5.84. The van der Waals surface area contributed by atoms with Crippen molar-refractivity contribution >= 4 is 21.7 Å². The number of ether oxygens (including phenoxy) is 1. The monoisotopic (exact) mass is 357 g/mol. The van der Waals surface area contributed by atoms with Crippen molar-refractivity contribution in [1.29, 1.82) is 0 Å². The third kappa shape index (κ3) is 4.92. The third-order valence-corrected chi connectivity index (χ3v) is 3.88. The Morgan fingerprint density at radius 3 is 2.33 bits per heavy atom. The van der Waals surface area contributed by atoms with E-state index in [9.17, 15) is 0 Å². The van der Waals surface area contributed by atoms with E-state index < -0.39 is 0 Å². The highest BCUT2D eigenvalue weighted by Gasteiger charge is 2.25. The molecule has 1 aromatic heterocycles. The molecule has 4 nitrogen and oxygen atoms in total. The van der Waals surface area contributed by atoms with E-state index in [0.717, 1.165) is 41.2 Å². The van der Waals surface area contributed by atoms with Crippen molar-refractivity contribution in [2.75, 3.05) is 18.5 Å². The molecule has 0 aliphatic rings. The molecule has 0 aliphatic heterocycles. The average Bonchev–Trinajstić information content (AvgIpc) is 2.40. The molecule has 0 saturated heterocycles. The van der Waals surface area contributed by atoms with E-state index in [4.69, 9.17) is 9.72 Å². The van der Waals surface area contributed by atoms with Gasteiger partial charge in [0, 0.05) is 18.6 Å². The van der Waals surface area contributed by atoms with Crippen LogP contribution in [0.4, 0.5) is 5.82 Å². The second-order valence-electron chi connectivity index (χ2n) is 6.11. The Kier molecular flexibility index (Phi) is 7.07. The summed E-state index contributed by atoms with van der Waals surface area (Å²) in [5.74, 6) is 1.64. The van der Waals surface area contributed by atoms with E-state index in [0.29, 0.717) is 6.61 Å². The quantitative estimate of drug-likeness (QED) is 0.757. The van der Waals surface area contributed by atoms with Gasteiger partial charge in [0.25, 0.3) is 0 Å². The minimum absolute atomic E-state index is 0.0355. The summed E-state index contributed by atoms with van der Waals surface area (Å²) in [7, 11) is 0. The molecule has 5 heteroatoms. The normalized spacial score (nSPS) is 13.3. The molecular formula is C16H28BrN3O. The molecule has 0 amide bonds. The molecular weight excluding hydrogens is 330 g/mol. The van der Waals surface area contributed by atoms with Crippen molar-refractivity contribution in [3.63, 3.8) is 0 Å². The number of nitrogens with zero attached hydrogens (tertiary/aromatic N) is 2. The van der Waals surface area contributed by atoms with Crippen LogP contribution < -0.4 is 5.32 Å². The van der Waals surface area contributed by atoms with Crippen molar-refractivity contribution in [2.24, 2.45) is 0 Å². The molecule has 0 bridgehead atoms. The van der Waals surface area contributed by atoms with E-state index in [1.165, 1.54) is 0 Å².